The second kappa shape index (κ2) is 13.9. The van der Waals surface area contributed by atoms with Crippen LogP contribution in [-0.2, 0) is 30.2 Å². The number of aromatic nitrogens is 4. The van der Waals surface area contributed by atoms with Gasteiger partial charge in [-0.3, -0.25) is 37.8 Å². The maximum Gasteiger partial charge on any atom is 0.332 e. The quantitative estimate of drug-likeness (QED) is 0.192. The third-order valence-corrected chi connectivity index (χ3v) is 9.35. The molecule has 6 rings (SSSR count). The van der Waals surface area contributed by atoms with Crippen molar-refractivity contribution in [2.45, 2.75) is 13.5 Å². The van der Waals surface area contributed by atoms with Crippen molar-refractivity contribution in [1.29, 1.82) is 0 Å². The summed E-state index contributed by atoms with van der Waals surface area (Å²) < 4.78 is 15.5. The monoisotopic (exact) mass is 734 g/mol. The maximum absolute atomic E-state index is 13.3. The molecule has 3 heterocycles. The minimum absolute atomic E-state index is 0.0274. The van der Waals surface area contributed by atoms with E-state index in [0.717, 1.165) is 15.0 Å². The highest BCUT2D eigenvalue weighted by atomic mass is 35.5. The van der Waals surface area contributed by atoms with Crippen molar-refractivity contribution in [2.75, 3.05) is 19.0 Å². The van der Waals surface area contributed by atoms with E-state index in [1.807, 2.05) is 19.1 Å². The lowest BCUT2D eigenvalue weighted by Gasteiger charge is -2.14. The first kappa shape index (κ1) is 34.5. The number of carbonyl (C=O) groups is 3. The van der Waals surface area contributed by atoms with Crippen molar-refractivity contribution >= 4 is 74.9 Å². The fourth-order valence-electron chi connectivity index (χ4n) is 5.20. The molecule has 1 N–H and O–H groups in total. The van der Waals surface area contributed by atoms with E-state index in [-0.39, 0.29) is 40.1 Å². The summed E-state index contributed by atoms with van der Waals surface area (Å²) in [6.45, 7) is 1.53. The van der Waals surface area contributed by atoms with E-state index in [9.17, 15) is 24.0 Å². The summed E-state index contributed by atoms with van der Waals surface area (Å²) in [7, 11) is 4.28. The number of amides is 3. The molecule has 1 aliphatic rings. The molecule has 0 saturated carbocycles. The largest absolute Gasteiger partial charge is 0.493 e. The molecular weight excluding hydrogens is 707 g/mol. The summed E-state index contributed by atoms with van der Waals surface area (Å²) in [5.74, 6) is -0.686. The Labute approximate surface area is 298 Å². The van der Waals surface area contributed by atoms with Crippen LogP contribution in [0.25, 0.3) is 17.2 Å². The number of halogens is 2. The van der Waals surface area contributed by atoms with E-state index in [2.05, 4.69) is 10.3 Å². The number of thioether (sulfide) groups is 1. The fourth-order valence-corrected chi connectivity index (χ4v) is 6.50. The second-order valence-electron chi connectivity index (χ2n) is 11.3. The van der Waals surface area contributed by atoms with Crippen LogP contribution >= 0.6 is 35.0 Å². The van der Waals surface area contributed by atoms with Crippen molar-refractivity contribution in [3.8, 4) is 17.5 Å². The minimum Gasteiger partial charge on any atom is -0.493 e. The summed E-state index contributed by atoms with van der Waals surface area (Å²) in [6, 6.07) is 16.8. The minimum atomic E-state index is -0.611. The van der Waals surface area contributed by atoms with Crippen LogP contribution in [0.4, 0.5) is 10.5 Å². The van der Waals surface area contributed by atoms with Gasteiger partial charge in [0.25, 0.3) is 16.7 Å². The van der Waals surface area contributed by atoms with Gasteiger partial charge in [-0.15, -0.1) is 0 Å². The molecular formula is C34H28Cl2N6O7S. The lowest BCUT2D eigenvalue weighted by Crippen LogP contribution is -2.37. The number of nitrogens with one attached hydrogen (secondary N) is 1. The first-order valence-electron chi connectivity index (χ1n) is 14.9. The van der Waals surface area contributed by atoms with E-state index in [4.69, 9.17) is 32.7 Å². The summed E-state index contributed by atoms with van der Waals surface area (Å²) in [5, 5.41) is 2.90. The second-order valence-corrected chi connectivity index (χ2v) is 13.1. The van der Waals surface area contributed by atoms with Crippen LogP contribution in [0.5, 0.6) is 17.5 Å². The smallest absolute Gasteiger partial charge is 0.332 e. The van der Waals surface area contributed by atoms with Gasteiger partial charge in [0.15, 0.2) is 22.7 Å². The molecule has 2 aromatic heterocycles. The predicted octanol–water partition coefficient (Wildman–Crippen LogP) is 5.57. The zero-order valence-electron chi connectivity index (χ0n) is 27.0. The molecule has 0 bridgehead atoms. The topological polar surface area (TPSA) is 147 Å². The van der Waals surface area contributed by atoms with Crippen molar-refractivity contribution in [3.05, 3.63) is 113 Å². The third-order valence-electron chi connectivity index (χ3n) is 7.85. The van der Waals surface area contributed by atoms with Crippen molar-refractivity contribution in [3.63, 3.8) is 0 Å². The van der Waals surface area contributed by atoms with Gasteiger partial charge in [-0.25, -0.2) is 4.79 Å². The molecule has 1 saturated heterocycles. The average molecular weight is 736 g/mol. The number of aryl methyl sites for hydroxylation is 2. The van der Waals surface area contributed by atoms with Gasteiger partial charge in [-0.2, -0.15) is 4.98 Å². The number of imidazole rings is 1. The van der Waals surface area contributed by atoms with Crippen LogP contribution in [0.15, 0.2) is 75.2 Å². The average Bonchev–Trinajstić information content (AvgIpc) is 3.57. The Morgan fingerprint density at radius 1 is 0.960 bits per heavy atom. The van der Waals surface area contributed by atoms with Gasteiger partial charge < -0.3 is 14.8 Å². The van der Waals surface area contributed by atoms with Crippen LogP contribution in [0, 0.1) is 6.92 Å². The van der Waals surface area contributed by atoms with E-state index >= 15 is 0 Å². The number of nitrogens with zero attached hydrogens (tertiary/aromatic N) is 5. The Morgan fingerprint density at radius 3 is 2.40 bits per heavy atom. The highest BCUT2D eigenvalue weighted by molar-refractivity contribution is 8.18. The van der Waals surface area contributed by atoms with Crippen LogP contribution in [-0.4, -0.2) is 54.3 Å². The van der Waals surface area contributed by atoms with Crippen LogP contribution < -0.4 is 26.0 Å². The van der Waals surface area contributed by atoms with Gasteiger partial charge in [0.05, 0.1) is 18.6 Å². The fraction of sp³-hybridized carbons (Fsp3) is 0.176. The van der Waals surface area contributed by atoms with Gasteiger partial charge in [0, 0.05) is 29.8 Å². The molecule has 5 aromatic rings. The SMILES string of the molecule is COc1cc(C=C2SC(=O)N(CC(=O)Nc3ccc(C)cc3)C2=O)ccc1Oc1nc2c(c(=O)n(C)c(=O)n2C)n1Cc1ccc(Cl)cc1Cl. The molecule has 0 radical (unpaired) electrons. The molecule has 256 valence electrons. The molecule has 1 aliphatic heterocycles. The Morgan fingerprint density at radius 2 is 1.70 bits per heavy atom. The number of carbonyl (C=O) groups excluding carboxylic acids is 3. The zero-order chi connectivity index (χ0) is 35.9. The van der Waals surface area contributed by atoms with Crippen molar-refractivity contribution < 1.29 is 23.9 Å². The Bertz CT molecular complexity index is 2370. The molecule has 50 heavy (non-hydrogen) atoms. The summed E-state index contributed by atoms with van der Waals surface area (Å²) in [5.41, 5.74) is 1.73. The number of imide groups is 1. The van der Waals surface area contributed by atoms with Crippen LogP contribution in [0.3, 0.4) is 0 Å². The molecule has 1 fully saturated rings. The number of fused-ring (bicyclic) bond motifs is 1. The van der Waals surface area contributed by atoms with Crippen molar-refractivity contribution in [1.82, 2.24) is 23.6 Å². The normalized spacial score (nSPS) is 13.8. The number of rotatable bonds is 9. The van der Waals surface area contributed by atoms with Crippen molar-refractivity contribution in [2.24, 2.45) is 14.1 Å². The predicted molar refractivity (Wildman–Crippen MR) is 191 cm³/mol. The number of methoxy groups -OCH3 is 1. The van der Waals surface area contributed by atoms with E-state index in [1.54, 1.807) is 48.5 Å². The molecule has 0 unspecified atom stereocenters. The Kier molecular flexibility index (Phi) is 9.60. The zero-order valence-corrected chi connectivity index (χ0v) is 29.4. The number of benzene rings is 3. The van der Waals surface area contributed by atoms with Gasteiger partial charge in [0.1, 0.15) is 6.54 Å². The van der Waals surface area contributed by atoms with Gasteiger partial charge in [-0.1, -0.05) is 53.0 Å². The third kappa shape index (κ3) is 6.77. The summed E-state index contributed by atoms with van der Waals surface area (Å²) >= 11 is 13.3. The molecule has 3 amide bonds. The number of ether oxygens (including phenoxy) is 2. The lowest BCUT2D eigenvalue weighted by molar-refractivity contribution is -0.127. The highest BCUT2D eigenvalue weighted by Gasteiger charge is 2.36. The number of hydrogen-bond acceptors (Lipinski definition) is 9. The number of anilines is 1. The summed E-state index contributed by atoms with van der Waals surface area (Å²) in [6.07, 6.45) is 1.51. The summed E-state index contributed by atoms with van der Waals surface area (Å²) in [4.78, 5) is 70.0. The molecule has 0 spiro atoms. The molecule has 13 nitrogen and oxygen atoms in total. The van der Waals surface area contributed by atoms with Crippen LogP contribution in [0.2, 0.25) is 10.0 Å². The molecule has 16 heteroatoms. The molecule has 0 atom stereocenters. The number of hydrogen-bond donors (Lipinski definition) is 1. The lowest BCUT2D eigenvalue weighted by atomic mass is 10.2. The standard InChI is InChI=1S/C34H28Cl2N6O7S/c1-18-5-10-22(11-6-18)37-27(43)17-42-30(44)26(50-34(42)47)14-19-7-12-24(25(13-19)48-4)49-32-38-29-28(31(45)40(3)33(46)39(29)2)41(32)16-20-8-9-21(35)15-23(20)36/h5-15H,16-17H2,1-4H3,(H,37,43). The van der Waals surface area contributed by atoms with E-state index < -0.39 is 34.8 Å². The van der Waals surface area contributed by atoms with Gasteiger partial charge >= 0.3 is 11.7 Å². The van der Waals surface area contributed by atoms with Crippen LogP contribution in [0.1, 0.15) is 16.7 Å². The first-order chi connectivity index (χ1) is 23.8. The molecule has 0 aliphatic carbocycles. The maximum atomic E-state index is 13.3. The Balaban J connectivity index is 1.29. The van der Waals surface area contributed by atoms with E-state index in [0.29, 0.717) is 38.6 Å². The Hall–Kier alpha value is -5.31. The van der Waals surface area contributed by atoms with Gasteiger partial charge in [0.2, 0.25) is 5.91 Å². The van der Waals surface area contributed by atoms with E-state index in [1.165, 1.54) is 36.4 Å². The van der Waals surface area contributed by atoms with Gasteiger partial charge in [-0.05, 0) is 72.3 Å². The molecule has 3 aromatic carbocycles. The first-order valence-corrected chi connectivity index (χ1v) is 16.5. The highest BCUT2D eigenvalue weighted by Crippen LogP contribution is 2.37.